The molecule has 146 valence electrons. The summed E-state index contributed by atoms with van der Waals surface area (Å²) in [5.74, 6) is -0.805. The van der Waals surface area contributed by atoms with Gasteiger partial charge in [-0.15, -0.1) is 0 Å². The SMILES string of the molecule is COC(=O)c1nc(C2CC2)nc(NC2(C=Cc3c(F)cccc3F)CC2)c1Cl. The van der Waals surface area contributed by atoms with Crippen LogP contribution in [0.3, 0.4) is 0 Å². The number of benzene rings is 1. The van der Waals surface area contributed by atoms with Gasteiger partial charge in [-0.3, -0.25) is 0 Å². The van der Waals surface area contributed by atoms with Crippen molar-refractivity contribution in [3.8, 4) is 0 Å². The number of methoxy groups -OCH3 is 1. The molecule has 2 aliphatic carbocycles. The summed E-state index contributed by atoms with van der Waals surface area (Å²) in [5.41, 5.74) is -0.609. The zero-order valence-electron chi connectivity index (χ0n) is 15.1. The molecule has 0 spiro atoms. The molecule has 1 N–H and O–H groups in total. The van der Waals surface area contributed by atoms with Gasteiger partial charge in [-0.05, 0) is 37.8 Å². The Morgan fingerprint density at radius 3 is 2.54 bits per heavy atom. The van der Waals surface area contributed by atoms with E-state index in [2.05, 4.69) is 15.3 Å². The van der Waals surface area contributed by atoms with Gasteiger partial charge in [0.1, 0.15) is 28.3 Å². The summed E-state index contributed by atoms with van der Waals surface area (Å²) in [7, 11) is 1.26. The fourth-order valence-corrected chi connectivity index (χ4v) is 3.13. The van der Waals surface area contributed by atoms with Crippen molar-refractivity contribution in [2.24, 2.45) is 0 Å². The van der Waals surface area contributed by atoms with Crippen LogP contribution >= 0.6 is 11.6 Å². The largest absolute Gasteiger partial charge is 0.464 e. The summed E-state index contributed by atoms with van der Waals surface area (Å²) in [6.07, 6.45) is 6.53. The van der Waals surface area contributed by atoms with Crippen molar-refractivity contribution < 1.29 is 18.3 Å². The lowest BCUT2D eigenvalue weighted by Crippen LogP contribution is -2.21. The van der Waals surface area contributed by atoms with Crippen LogP contribution in [0.15, 0.2) is 24.3 Å². The number of hydrogen-bond acceptors (Lipinski definition) is 5. The number of hydrogen-bond donors (Lipinski definition) is 1. The summed E-state index contributed by atoms with van der Waals surface area (Å²) in [6.45, 7) is 0. The maximum Gasteiger partial charge on any atom is 0.358 e. The first kappa shape index (κ1) is 18.8. The summed E-state index contributed by atoms with van der Waals surface area (Å²) < 4.78 is 32.5. The van der Waals surface area contributed by atoms with E-state index in [1.165, 1.54) is 31.4 Å². The van der Waals surface area contributed by atoms with E-state index in [-0.39, 0.29) is 22.2 Å². The molecular formula is C20H18ClF2N3O2. The van der Waals surface area contributed by atoms with Crippen LogP contribution in [0.1, 0.15) is 53.5 Å². The van der Waals surface area contributed by atoms with E-state index in [1.807, 2.05) is 0 Å². The molecule has 8 heteroatoms. The molecule has 0 aliphatic heterocycles. The Bertz CT molecular complexity index is 952. The summed E-state index contributed by atoms with van der Waals surface area (Å²) in [5, 5.41) is 3.30. The Kier molecular flexibility index (Phi) is 4.79. The van der Waals surface area contributed by atoms with Crippen molar-refractivity contribution >= 4 is 29.5 Å². The summed E-state index contributed by atoms with van der Waals surface area (Å²) >= 11 is 6.35. The second-order valence-electron chi connectivity index (χ2n) is 7.11. The molecular weight excluding hydrogens is 388 g/mol. The van der Waals surface area contributed by atoms with Crippen LogP contribution in [0.25, 0.3) is 6.08 Å². The molecule has 2 fully saturated rings. The molecule has 28 heavy (non-hydrogen) atoms. The Morgan fingerprint density at radius 2 is 1.96 bits per heavy atom. The Labute approximate surface area is 165 Å². The highest BCUT2D eigenvalue weighted by Gasteiger charge is 2.42. The second-order valence-corrected chi connectivity index (χ2v) is 7.49. The number of halogens is 3. The predicted octanol–water partition coefficient (Wildman–Crippen LogP) is 4.73. The van der Waals surface area contributed by atoms with E-state index >= 15 is 0 Å². The van der Waals surface area contributed by atoms with Crippen LogP contribution in [0.2, 0.25) is 5.02 Å². The monoisotopic (exact) mass is 405 g/mol. The molecule has 4 rings (SSSR count). The van der Waals surface area contributed by atoms with Crippen LogP contribution < -0.4 is 5.32 Å². The third kappa shape index (κ3) is 3.71. The number of esters is 1. The third-order valence-corrected chi connectivity index (χ3v) is 5.27. The predicted molar refractivity (Wildman–Crippen MR) is 101 cm³/mol. The van der Waals surface area contributed by atoms with Crippen LogP contribution in [0, 0.1) is 11.6 Å². The minimum atomic E-state index is -0.633. The van der Waals surface area contributed by atoms with Gasteiger partial charge in [0.2, 0.25) is 0 Å². The molecule has 1 heterocycles. The van der Waals surface area contributed by atoms with Gasteiger partial charge in [0.05, 0.1) is 12.6 Å². The lowest BCUT2D eigenvalue weighted by atomic mass is 10.1. The van der Waals surface area contributed by atoms with Gasteiger partial charge in [-0.25, -0.2) is 23.5 Å². The van der Waals surface area contributed by atoms with Crippen molar-refractivity contribution in [3.05, 3.63) is 58.0 Å². The van der Waals surface area contributed by atoms with E-state index in [9.17, 15) is 13.6 Å². The molecule has 0 radical (unpaired) electrons. The molecule has 0 bridgehead atoms. The number of anilines is 1. The van der Waals surface area contributed by atoms with Crippen LogP contribution in [-0.2, 0) is 4.74 Å². The fraction of sp³-hybridized carbons (Fsp3) is 0.350. The van der Waals surface area contributed by atoms with E-state index in [1.54, 1.807) is 6.08 Å². The molecule has 0 amide bonds. The average molecular weight is 406 g/mol. The number of ether oxygens (including phenoxy) is 1. The van der Waals surface area contributed by atoms with Gasteiger partial charge in [-0.1, -0.05) is 29.8 Å². The first-order valence-electron chi connectivity index (χ1n) is 8.99. The van der Waals surface area contributed by atoms with Crippen molar-refractivity contribution in [3.63, 3.8) is 0 Å². The molecule has 2 aromatic rings. The average Bonchev–Trinajstić information content (AvgIpc) is 3.58. The van der Waals surface area contributed by atoms with E-state index in [0.29, 0.717) is 11.6 Å². The van der Waals surface area contributed by atoms with Gasteiger partial charge >= 0.3 is 5.97 Å². The first-order valence-corrected chi connectivity index (χ1v) is 9.37. The highest BCUT2D eigenvalue weighted by atomic mass is 35.5. The van der Waals surface area contributed by atoms with E-state index in [0.717, 1.165) is 25.7 Å². The standard InChI is InChI=1S/C20H18ClF2N3O2/c1-28-19(27)16-15(21)18(25-17(24-16)11-5-6-11)26-20(9-10-20)8-7-12-13(22)3-2-4-14(12)23/h2-4,7-8,11H,5-6,9-10H2,1H3,(H,24,25,26). The molecule has 1 aromatic heterocycles. The number of rotatable bonds is 6. The topological polar surface area (TPSA) is 64.1 Å². The number of carbonyl (C=O) groups excluding carboxylic acids is 1. The van der Waals surface area contributed by atoms with E-state index < -0.39 is 23.1 Å². The zero-order valence-corrected chi connectivity index (χ0v) is 15.9. The van der Waals surface area contributed by atoms with E-state index in [4.69, 9.17) is 16.3 Å². The molecule has 0 atom stereocenters. The smallest absolute Gasteiger partial charge is 0.358 e. The number of aromatic nitrogens is 2. The maximum absolute atomic E-state index is 13.9. The quantitative estimate of drug-likeness (QED) is 0.704. The Hall–Kier alpha value is -2.54. The van der Waals surface area contributed by atoms with Crippen molar-refractivity contribution in [2.75, 3.05) is 12.4 Å². The van der Waals surface area contributed by atoms with Gasteiger partial charge in [-0.2, -0.15) is 0 Å². The fourth-order valence-electron chi connectivity index (χ4n) is 2.92. The number of nitrogens with zero attached hydrogens (tertiary/aromatic N) is 2. The van der Waals surface area contributed by atoms with Gasteiger partial charge in [0.25, 0.3) is 0 Å². The lowest BCUT2D eigenvalue weighted by molar-refractivity contribution is 0.0593. The van der Waals surface area contributed by atoms with Crippen molar-refractivity contribution in [1.29, 1.82) is 0 Å². The maximum atomic E-state index is 13.9. The molecule has 0 unspecified atom stereocenters. The second kappa shape index (κ2) is 7.13. The van der Waals surface area contributed by atoms with Gasteiger partial charge in [0, 0.05) is 11.5 Å². The summed E-state index contributed by atoms with van der Waals surface area (Å²) in [6, 6.07) is 3.74. The number of nitrogens with one attached hydrogen (secondary N) is 1. The first-order chi connectivity index (χ1) is 13.4. The van der Waals surface area contributed by atoms with Gasteiger partial charge < -0.3 is 10.1 Å². The molecule has 2 aliphatic rings. The van der Waals surface area contributed by atoms with Crippen LogP contribution in [0.5, 0.6) is 0 Å². The normalized spacial score (nSPS) is 17.6. The minimum absolute atomic E-state index is 0.0171. The molecule has 0 saturated heterocycles. The molecule has 1 aromatic carbocycles. The third-order valence-electron chi connectivity index (χ3n) is 4.91. The van der Waals surface area contributed by atoms with Gasteiger partial charge in [0.15, 0.2) is 5.69 Å². The van der Waals surface area contributed by atoms with Crippen molar-refractivity contribution in [2.45, 2.75) is 37.1 Å². The van der Waals surface area contributed by atoms with Crippen LogP contribution in [-0.4, -0.2) is 28.6 Å². The Balaban J connectivity index is 1.64. The lowest BCUT2D eigenvalue weighted by Gasteiger charge is -2.17. The summed E-state index contributed by atoms with van der Waals surface area (Å²) in [4.78, 5) is 20.8. The highest BCUT2D eigenvalue weighted by molar-refractivity contribution is 6.35. The Morgan fingerprint density at radius 1 is 1.29 bits per heavy atom. The highest BCUT2D eigenvalue weighted by Crippen LogP contribution is 2.44. The zero-order chi connectivity index (χ0) is 19.9. The number of carbonyl (C=O) groups is 1. The van der Waals surface area contributed by atoms with Crippen LogP contribution in [0.4, 0.5) is 14.6 Å². The molecule has 5 nitrogen and oxygen atoms in total. The van der Waals surface area contributed by atoms with Crippen molar-refractivity contribution in [1.82, 2.24) is 9.97 Å². The molecule has 2 saturated carbocycles. The minimum Gasteiger partial charge on any atom is -0.464 e.